The highest BCUT2D eigenvalue weighted by Crippen LogP contribution is 2.66. The van der Waals surface area contributed by atoms with Gasteiger partial charge in [-0.1, -0.05) is 52.0 Å². The molecule has 0 spiro atoms. The Hall–Kier alpha value is -0.820. The highest BCUT2D eigenvalue weighted by molar-refractivity contribution is 5.25. The predicted octanol–water partition coefficient (Wildman–Crippen LogP) is 5.65. The Morgan fingerprint density at radius 2 is 1.57 bits per heavy atom. The standard InChI is InChI=1S/C22H33N/c1-16(2)19-7-5-17(6-8-19)12-23-22-11-18-9-20(3,14-22)13-21(4,10-18)15-22/h5-8,16,18,23H,9-15H2,1-4H3. The van der Waals surface area contributed by atoms with E-state index in [1.165, 1.54) is 49.7 Å². The molecule has 4 fully saturated rings. The summed E-state index contributed by atoms with van der Waals surface area (Å²) >= 11 is 0. The maximum Gasteiger partial charge on any atom is 0.0210 e. The molecule has 0 amide bonds. The summed E-state index contributed by atoms with van der Waals surface area (Å²) in [4.78, 5) is 0. The van der Waals surface area contributed by atoms with Crippen LogP contribution in [-0.4, -0.2) is 5.54 Å². The summed E-state index contributed by atoms with van der Waals surface area (Å²) in [6.07, 6.45) is 8.64. The molecule has 0 aliphatic heterocycles. The van der Waals surface area contributed by atoms with Crippen LogP contribution in [0.3, 0.4) is 0 Å². The number of nitrogens with one attached hydrogen (secondary N) is 1. The van der Waals surface area contributed by atoms with Crippen molar-refractivity contribution in [2.24, 2.45) is 16.7 Å². The Bertz CT molecular complexity index is 566. The summed E-state index contributed by atoms with van der Waals surface area (Å²) in [5.74, 6) is 1.59. The van der Waals surface area contributed by atoms with Crippen LogP contribution < -0.4 is 5.32 Å². The minimum atomic E-state index is 0.416. The average Bonchev–Trinajstić information content (AvgIpc) is 2.42. The lowest BCUT2D eigenvalue weighted by Crippen LogP contribution is -2.63. The topological polar surface area (TPSA) is 12.0 Å². The van der Waals surface area contributed by atoms with Crippen molar-refractivity contribution in [3.63, 3.8) is 0 Å². The second-order valence-electron chi connectivity index (χ2n) is 10.2. The fourth-order valence-electron chi connectivity index (χ4n) is 6.95. The molecule has 1 aromatic rings. The molecule has 0 heterocycles. The van der Waals surface area contributed by atoms with Crippen LogP contribution in [0.5, 0.6) is 0 Å². The van der Waals surface area contributed by atoms with E-state index in [0.29, 0.717) is 22.3 Å². The molecule has 0 radical (unpaired) electrons. The number of rotatable bonds is 4. The van der Waals surface area contributed by atoms with Gasteiger partial charge in [-0.25, -0.2) is 0 Å². The summed E-state index contributed by atoms with van der Waals surface area (Å²) in [6, 6.07) is 9.27. The third-order valence-corrected chi connectivity index (χ3v) is 6.94. The fourth-order valence-corrected chi connectivity index (χ4v) is 6.95. The second-order valence-corrected chi connectivity index (χ2v) is 10.2. The molecule has 4 saturated carbocycles. The van der Waals surface area contributed by atoms with Crippen LogP contribution >= 0.6 is 0 Å². The van der Waals surface area contributed by atoms with Gasteiger partial charge in [-0.05, 0) is 72.3 Å². The Morgan fingerprint density at radius 1 is 0.957 bits per heavy atom. The Kier molecular flexibility index (Phi) is 3.47. The minimum Gasteiger partial charge on any atom is -0.307 e. The molecule has 4 bridgehead atoms. The first-order valence-corrected chi connectivity index (χ1v) is 9.63. The lowest BCUT2D eigenvalue weighted by molar-refractivity contribution is -0.118. The van der Waals surface area contributed by atoms with Gasteiger partial charge in [-0.2, -0.15) is 0 Å². The van der Waals surface area contributed by atoms with Crippen molar-refractivity contribution < 1.29 is 0 Å². The van der Waals surface area contributed by atoms with Crippen LogP contribution in [0.1, 0.15) is 83.3 Å². The monoisotopic (exact) mass is 311 g/mol. The van der Waals surface area contributed by atoms with Crippen molar-refractivity contribution in [2.45, 2.75) is 84.2 Å². The largest absolute Gasteiger partial charge is 0.307 e. The highest BCUT2D eigenvalue weighted by atomic mass is 15.0. The van der Waals surface area contributed by atoms with E-state index in [1.807, 2.05) is 0 Å². The van der Waals surface area contributed by atoms with Gasteiger partial charge in [0.2, 0.25) is 0 Å². The van der Waals surface area contributed by atoms with Crippen molar-refractivity contribution in [3.8, 4) is 0 Å². The molecule has 23 heavy (non-hydrogen) atoms. The Balaban J connectivity index is 1.48. The maximum atomic E-state index is 4.04. The van der Waals surface area contributed by atoms with Crippen LogP contribution in [-0.2, 0) is 6.54 Å². The van der Waals surface area contributed by atoms with Crippen molar-refractivity contribution in [2.75, 3.05) is 0 Å². The van der Waals surface area contributed by atoms with E-state index < -0.39 is 0 Å². The van der Waals surface area contributed by atoms with E-state index in [0.717, 1.165) is 12.5 Å². The lowest BCUT2D eigenvalue weighted by Gasteiger charge is -2.65. The molecule has 1 nitrogen and oxygen atoms in total. The molecule has 1 aromatic carbocycles. The molecule has 0 saturated heterocycles. The summed E-state index contributed by atoms with van der Waals surface area (Å²) in [7, 11) is 0. The first-order valence-electron chi connectivity index (χ1n) is 9.63. The minimum absolute atomic E-state index is 0.416. The molecule has 5 rings (SSSR count). The summed E-state index contributed by atoms with van der Waals surface area (Å²) in [5, 5.41) is 4.04. The van der Waals surface area contributed by atoms with Gasteiger partial charge < -0.3 is 5.32 Å². The van der Waals surface area contributed by atoms with Gasteiger partial charge in [0.05, 0.1) is 0 Å². The van der Waals surface area contributed by atoms with Crippen LogP contribution in [0.15, 0.2) is 24.3 Å². The van der Waals surface area contributed by atoms with Crippen molar-refractivity contribution >= 4 is 0 Å². The molecule has 1 N–H and O–H groups in total. The molecule has 126 valence electrons. The lowest BCUT2D eigenvalue weighted by atomic mass is 9.43. The molecular formula is C22H33N. The molecule has 4 aliphatic rings. The Labute approximate surface area is 142 Å². The Morgan fingerprint density at radius 3 is 2.09 bits per heavy atom. The van der Waals surface area contributed by atoms with Gasteiger partial charge >= 0.3 is 0 Å². The molecule has 4 aliphatic carbocycles. The third kappa shape index (κ3) is 2.86. The van der Waals surface area contributed by atoms with E-state index >= 15 is 0 Å². The van der Waals surface area contributed by atoms with Gasteiger partial charge in [0.25, 0.3) is 0 Å². The van der Waals surface area contributed by atoms with Gasteiger partial charge in [0.1, 0.15) is 0 Å². The summed E-state index contributed by atoms with van der Waals surface area (Å²) in [6.45, 7) is 10.7. The average molecular weight is 312 g/mol. The van der Waals surface area contributed by atoms with Gasteiger partial charge in [0.15, 0.2) is 0 Å². The zero-order valence-electron chi connectivity index (χ0n) is 15.4. The van der Waals surface area contributed by atoms with E-state index in [1.54, 1.807) is 0 Å². The molecule has 2 atom stereocenters. The van der Waals surface area contributed by atoms with Gasteiger partial charge in [-0.3, -0.25) is 0 Å². The maximum absolute atomic E-state index is 4.04. The van der Waals surface area contributed by atoms with E-state index in [-0.39, 0.29) is 0 Å². The predicted molar refractivity (Wildman–Crippen MR) is 97.5 cm³/mol. The van der Waals surface area contributed by atoms with Crippen molar-refractivity contribution in [1.82, 2.24) is 5.32 Å². The number of benzene rings is 1. The SMILES string of the molecule is CC(C)c1ccc(CNC23CC4CC(C)(CC(C)(C4)C2)C3)cc1. The van der Waals surface area contributed by atoms with E-state index in [9.17, 15) is 0 Å². The zero-order chi connectivity index (χ0) is 16.3. The molecule has 2 unspecified atom stereocenters. The van der Waals surface area contributed by atoms with Crippen LogP contribution in [0.25, 0.3) is 0 Å². The highest BCUT2D eigenvalue weighted by Gasteiger charge is 2.59. The van der Waals surface area contributed by atoms with E-state index in [4.69, 9.17) is 0 Å². The van der Waals surface area contributed by atoms with Gasteiger partial charge in [0, 0.05) is 12.1 Å². The second kappa shape index (κ2) is 5.09. The first-order chi connectivity index (χ1) is 10.8. The van der Waals surface area contributed by atoms with Crippen molar-refractivity contribution in [3.05, 3.63) is 35.4 Å². The van der Waals surface area contributed by atoms with Crippen LogP contribution in [0.2, 0.25) is 0 Å². The van der Waals surface area contributed by atoms with Gasteiger partial charge in [-0.15, -0.1) is 0 Å². The first kappa shape index (κ1) is 15.7. The van der Waals surface area contributed by atoms with E-state index in [2.05, 4.69) is 57.3 Å². The number of hydrogen-bond donors (Lipinski definition) is 1. The fraction of sp³-hybridized carbons (Fsp3) is 0.727. The normalized spacial score (nSPS) is 41.7. The van der Waals surface area contributed by atoms with Crippen molar-refractivity contribution in [1.29, 1.82) is 0 Å². The summed E-state index contributed by atoms with van der Waals surface area (Å²) < 4.78 is 0. The zero-order valence-corrected chi connectivity index (χ0v) is 15.4. The van der Waals surface area contributed by atoms with Crippen LogP contribution in [0, 0.1) is 16.7 Å². The summed E-state index contributed by atoms with van der Waals surface area (Å²) in [5.41, 5.74) is 4.51. The smallest absolute Gasteiger partial charge is 0.0210 e. The number of hydrogen-bond acceptors (Lipinski definition) is 1. The molecule has 1 heteroatoms. The third-order valence-electron chi connectivity index (χ3n) is 6.94. The van der Waals surface area contributed by atoms with Crippen LogP contribution in [0.4, 0.5) is 0 Å². The quantitative estimate of drug-likeness (QED) is 0.757. The molecular weight excluding hydrogens is 278 g/mol. The molecule has 0 aromatic heterocycles.